The van der Waals surface area contributed by atoms with Gasteiger partial charge >= 0.3 is 0 Å². The van der Waals surface area contributed by atoms with E-state index in [-0.39, 0.29) is 29.2 Å². The lowest BCUT2D eigenvalue weighted by atomic mass is 10.00. The molecule has 2 aromatic rings. The number of aromatic hydroxyl groups is 2. The molecule has 25 heavy (non-hydrogen) atoms. The van der Waals surface area contributed by atoms with Crippen LogP contribution in [-0.2, 0) is 0 Å². The van der Waals surface area contributed by atoms with Gasteiger partial charge in [-0.1, -0.05) is 19.1 Å². The van der Waals surface area contributed by atoms with Crippen LogP contribution in [0.4, 0.5) is 5.69 Å². The van der Waals surface area contributed by atoms with E-state index in [0.29, 0.717) is 11.1 Å². The zero-order valence-electron chi connectivity index (χ0n) is 14.5. The molecule has 132 valence electrons. The molecule has 2 aromatic carbocycles. The first-order valence-corrected chi connectivity index (χ1v) is 8.26. The molecule has 0 saturated carbocycles. The summed E-state index contributed by atoms with van der Waals surface area (Å²) in [6.07, 6.45) is 0.311. The van der Waals surface area contributed by atoms with Crippen LogP contribution in [0.25, 0.3) is 0 Å². The second-order valence-electron chi connectivity index (χ2n) is 6.15. The van der Waals surface area contributed by atoms with E-state index in [1.54, 1.807) is 17.0 Å². The van der Waals surface area contributed by atoms with Gasteiger partial charge in [0.05, 0.1) is 12.7 Å². The lowest BCUT2D eigenvalue weighted by Crippen LogP contribution is -2.47. The molecule has 0 spiro atoms. The highest BCUT2D eigenvalue weighted by Gasteiger charge is 2.36. The Bertz CT molecular complexity index is 806. The average Bonchev–Trinajstić information content (AvgIpc) is 2.63. The smallest absolute Gasteiger partial charge is 0.258 e. The Kier molecular flexibility index (Phi) is 4.44. The van der Waals surface area contributed by atoms with Crippen molar-refractivity contribution in [1.82, 2.24) is 4.90 Å². The number of phenols is 2. The molecule has 2 atom stereocenters. The number of carbonyl (C=O) groups excluding carboxylic acids is 1. The summed E-state index contributed by atoms with van der Waals surface area (Å²) >= 11 is 0. The largest absolute Gasteiger partial charge is 0.504 e. The molecule has 1 aliphatic rings. The second-order valence-corrected chi connectivity index (χ2v) is 6.15. The van der Waals surface area contributed by atoms with Gasteiger partial charge in [0.15, 0.2) is 11.5 Å². The third-order valence-corrected chi connectivity index (χ3v) is 4.64. The fourth-order valence-electron chi connectivity index (χ4n) is 3.09. The van der Waals surface area contributed by atoms with Gasteiger partial charge in [0, 0.05) is 17.3 Å². The van der Waals surface area contributed by atoms with Crippen molar-refractivity contribution in [2.75, 3.05) is 12.4 Å². The standard InChI is InChI=1S/C19H22N2O4/c1-4-11(2)21-18(12-9-15(22)17(23)16(10-12)25-3)20-14-8-6-5-7-13(14)19(21)24/h5-11,18,20,22-23H,4H2,1-3H3/t11-,18-/m1/s1. The van der Waals surface area contributed by atoms with E-state index in [9.17, 15) is 15.0 Å². The molecule has 3 N–H and O–H groups in total. The van der Waals surface area contributed by atoms with Crippen molar-refractivity contribution in [3.05, 3.63) is 47.5 Å². The maximum atomic E-state index is 13.0. The Hall–Kier alpha value is -2.89. The van der Waals surface area contributed by atoms with Crippen LogP contribution in [0.2, 0.25) is 0 Å². The van der Waals surface area contributed by atoms with E-state index in [1.807, 2.05) is 32.0 Å². The average molecular weight is 342 g/mol. The van der Waals surface area contributed by atoms with E-state index < -0.39 is 6.17 Å². The van der Waals surface area contributed by atoms with Crippen LogP contribution < -0.4 is 10.1 Å². The lowest BCUT2D eigenvalue weighted by molar-refractivity contribution is 0.0593. The Morgan fingerprint density at radius 1 is 1.28 bits per heavy atom. The van der Waals surface area contributed by atoms with Gasteiger partial charge < -0.3 is 25.2 Å². The van der Waals surface area contributed by atoms with Crippen LogP contribution in [0, 0.1) is 0 Å². The first kappa shape index (κ1) is 17.0. The number of nitrogens with one attached hydrogen (secondary N) is 1. The number of hydrogen-bond acceptors (Lipinski definition) is 5. The summed E-state index contributed by atoms with van der Waals surface area (Å²) in [5.41, 5.74) is 1.99. The number of fused-ring (bicyclic) bond motifs is 1. The maximum absolute atomic E-state index is 13.0. The number of para-hydroxylation sites is 1. The van der Waals surface area contributed by atoms with Gasteiger partial charge in [-0.25, -0.2) is 0 Å². The van der Waals surface area contributed by atoms with Gasteiger partial charge in [-0.15, -0.1) is 0 Å². The Labute approximate surface area is 146 Å². The molecular formula is C19H22N2O4. The molecule has 3 rings (SSSR count). The Morgan fingerprint density at radius 2 is 2.00 bits per heavy atom. The molecule has 0 radical (unpaired) electrons. The van der Waals surface area contributed by atoms with Gasteiger partial charge in [0.2, 0.25) is 5.75 Å². The number of carbonyl (C=O) groups is 1. The summed E-state index contributed by atoms with van der Waals surface area (Å²) in [5, 5.41) is 23.3. The third kappa shape index (κ3) is 2.84. The zero-order valence-corrected chi connectivity index (χ0v) is 14.5. The number of phenolic OH excluding ortho intramolecular Hbond substituents is 2. The van der Waals surface area contributed by atoms with E-state index in [4.69, 9.17) is 4.74 Å². The minimum absolute atomic E-state index is 0.0136. The van der Waals surface area contributed by atoms with Crippen LogP contribution in [-0.4, -0.2) is 34.2 Å². The SMILES string of the molecule is CC[C@@H](C)N1C(=O)c2ccccc2N[C@H]1c1cc(O)c(O)c(OC)c1. The number of nitrogens with zero attached hydrogens (tertiary/aromatic N) is 1. The Morgan fingerprint density at radius 3 is 2.68 bits per heavy atom. The first-order chi connectivity index (χ1) is 12.0. The molecular weight excluding hydrogens is 320 g/mol. The lowest BCUT2D eigenvalue weighted by Gasteiger charge is -2.41. The number of ether oxygens (including phenoxy) is 1. The van der Waals surface area contributed by atoms with Crippen LogP contribution in [0.5, 0.6) is 17.2 Å². The molecule has 1 amide bonds. The highest BCUT2D eigenvalue weighted by molar-refractivity contribution is 6.01. The molecule has 1 aliphatic heterocycles. The predicted molar refractivity (Wildman–Crippen MR) is 95.1 cm³/mol. The summed E-state index contributed by atoms with van der Waals surface area (Å²) in [6.45, 7) is 4.00. The van der Waals surface area contributed by atoms with Crippen molar-refractivity contribution < 1.29 is 19.7 Å². The number of methoxy groups -OCH3 is 1. The number of anilines is 1. The van der Waals surface area contributed by atoms with Crippen LogP contribution in [0.3, 0.4) is 0 Å². The topological polar surface area (TPSA) is 82.0 Å². The zero-order chi connectivity index (χ0) is 18.1. The van der Waals surface area contributed by atoms with Crippen LogP contribution in [0.15, 0.2) is 36.4 Å². The third-order valence-electron chi connectivity index (χ3n) is 4.64. The van der Waals surface area contributed by atoms with Crippen molar-refractivity contribution in [3.8, 4) is 17.2 Å². The van der Waals surface area contributed by atoms with Gasteiger partial charge in [0.1, 0.15) is 6.17 Å². The van der Waals surface area contributed by atoms with Gasteiger partial charge in [-0.2, -0.15) is 0 Å². The highest BCUT2D eigenvalue weighted by atomic mass is 16.5. The first-order valence-electron chi connectivity index (χ1n) is 8.26. The summed E-state index contributed by atoms with van der Waals surface area (Å²) in [6, 6.07) is 10.4. The number of hydrogen-bond donors (Lipinski definition) is 3. The van der Waals surface area contributed by atoms with E-state index in [0.717, 1.165) is 12.1 Å². The Balaban J connectivity index is 2.13. The van der Waals surface area contributed by atoms with Crippen LogP contribution >= 0.6 is 0 Å². The highest BCUT2D eigenvalue weighted by Crippen LogP contribution is 2.42. The quantitative estimate of drug-likeness (QED) is 0.741. The van der Waals surface area contributed by atoms with Crippen molar-refractivity contribution >= 4 is 11.6 Å². The summed E-state index contributed by atoms with van der Waals surface area (Å²) in [5.74, 6) is -0.511. The second kappa shape index (κ2) is 6.55. The number of benzene rings is 2. The minimum atomic E-state index is -0.474. The molecule has 1 heterocycles. The minimum Gasteiger partial charge on any atom is -0.504 e. The maximum Gasteiger partial charge on any atom is 0.258 e. The normalized spacial score (nSPS) is 17.6. The fourth-order valence-corrected chi connectivity index (χ4v) is 3.09. The molecule has 0 aliphatic carbocycles. The number of amides is 1. The fraction of sp³-hybridized carbons (Fsp3) is 0.316. The van der Waals surface area contributed by atoms with E-state index >= 15 is 0 Å². The summed E-state index contributed by atoms with van der Waals surface area (Å²) in [4.78, 5) is 14.8. The van der Waals surface area contributed by atoms with Crippen molar-refractivity contribution in [1.29, 1.82) is 0 Å². The van der Waals surface area contributed by atoms with Crippen molar-refractivity contribution in [2.45, 2.75) is 32.5 Å². The molecule has 0 fully saturated rings. The van der Waals surface area contributed by atoms with E-state index in [2.05, 4.69) is 5.32 Å². The molecule has 0 bridgehead atoms. The predicted octanol–water partition coefficient (Wildman–Crippen LogP) is 3.47. The van der Waals surface area contributed by atoms with Crippen LogP contribution in [0.1, 0.15) is 42.4 Å². The van der Waals surface area contributed by atoms with Gasteiger partial charge in [0.25, 0.3) is 5.91 Å². The van der Waals surface area contributed by atoms with Gasteiger partial charge in [-0.3, -0.25) is 4.79 Å². The summed E-state index contributed by atoms with van der Waals surface area (Å²) < 4.78 is 5.13. The van der Waals surface area contributed by atoms with Crippen molar-refractivity contribution in [2.24, 2.45) is 0 Å². The number of rotatable bonds is 4. The monoisotopic (exact) mass is 342 g/mol. The molecule has 0 unspecified atom stereocenters. The summed E-state index contributed by atoms with van der Waals surface area (Å²) in [7, 11) is 1.42. The molecule has 6 nitrogen and oxygen atoms in total. The van der Waals surface area contributed by atoms with Crippen molar-refractivity contribution in [3.63, 3.8) is 0 Å². The molecule has 6 heteroatoms. The molecule has 0 aromatic heterocycles. The van der Waals surface area contributed by atoms with Gasteiger partial charge in [-0.05, 0) is 37.6 Å². The molecule has 0 saturated heterocycles. The van der Waals surface area contributed by atoms with E-state index in [1.165, 1.54) is 13.2 Å².